The fourth-order valence-electron chi connectivity index (χ4n) is 2.11. The van der Waals surface area contributed by atoms with Crippen LogP contribution < -0.4 is 9.75 Å². The number of thioether (sulfide) groups is 1. The van der Waals surface area contributed by atoms with Gasteiger partial charge in [0.25, 0.3) is 0 Å². The molecule has 0 amide bonds. The van der Waals surface area contributed by atoms with Gasteiger partial charge in [-0.3, -0.25) is 0 Å². The molecule has 0 saturated heterocycles. The Morgan fingerprint density at radius 2 is 2.10 bits per heavy atom. The Kier molecular flexibility index (Phi) is 6.09. The summed E-state index contributed by atoms with van der Waals surface area (Å²) >= 11 is 5.54. The van der Waals surface area contributed by atoms with E-state index in [9.17, 15) is 0 Å². The molecule has 3 heteroatoms. The first-order valence-electron chi connectivity index (χ1n) is 6.97. The lowest BCUT2D eigenvalue weighted by atomic mass is 10.3. The van der Waals surface area contributed by atoms with E-state index in [1.807, 2.05) is 28.7 Å². The number of thiophene rings is 2. The van der Waals surface area contributed by atoms with E-state index in [1.165, 1.54) is 29.3 Å². The van der Waals surface area contributed by atoms with Gasteiger partial charge in [0.2, 0.25) is 0 Å². The van der Waals surface area contributed by atoms with Crippen molar-refractivity contribution in [3.05, 3.63) is 51.6 Å². The molecule has 0 aliphatic heterocycles. The van der Waals surface area contributed by atoms with E-state index in [4.69, 9.17) is 0 Å². The van der Waals surface area contributed by atoms with Crippen molar-refractivity contribution in [2.45, 2.75) is 20.3 Å². The van der Waals surface area contributed by atoms with Crippen LogP contribution >= 0.6 is 34.4 Å². The van der Waals surface area contributed by atoms with Gasteiger partial charge in [-0.05, 0) is 43.0 Å². The highest BCUT2D eigenvalue weighted by Crippen LogP contribution is 2.36. The zero-order valence-corrected chi connectivity index (χ0v) is 15.1. The third kappa shape index (κ3) is 3.79. The van der Waals surface area contributed by atoms with Gasteiger partial charge in [0, 0.05) is 24.1 Å². The minimum atomic E-state index is 1.06. The third-order valence-corrected chi connectivity index (χ3v) is 6.54. The third-order valence-electron chi connectivity index (χ3n) is 3.05. The Bertz CT molecular complexity index is 757. The minimum Gasteiger partial charge on any atom is -0.135 e. The van der Waals surface area contributed by atoms with Crippen molar-refractivity contribution in [2.75, 3.05) is 6.26 Å². The Labute approximate surface area is 139 Å². The summed E-state index contributed by atoms with van der Waals surface area (Å²) in [5.41, 5.74) is 0. The first kappa shape index (κ1) is 16.3. The Morgan fingerprint density at radius 1 is 1.29 bits per heavy atom. The number of allylic oxidation sites excluding steroid dienone is 2. The Balaban J connectivity index is 2.49. The van der Waals surface area contributed by atoms with E-state index in [-0.39, 0.29) is 0 Å². The second-order valence-electron chi connectivity index (χ2n) is 4.47. The molecule has 0 N–H and O–H groups in total. The molecule has 2 aromatic heterocycles. The smallest absolute Gasteiger partial charge is 0.0455 e. The van der Waals surface area contributed by atoms with Crippen LogP contribution in [0, 0.1) is 0 Å². The standard InChI is InChI=1S/C18H20S3/c1-5-8-13-12-18(20-15(13)9-6-2)17-11-10-16(21-17)14(7-3)19-4/h5,7-12H,1,6H2,2-4H3/b13-8-,14-7-,15-9+. The number of rotatable bonds is 5. The van der Waals surface area contributed by atoms with Crippen molar-refractivity contribution in [3.8, 4) is 9.75 Å². The van der Waals surface area contributed by atoms with Crippen LogP contribution in [0.2, 0.25) is 0 Å². The highest BCUT2D eigenvalue weighted by molar-refractivity contribution is 8.07. The van der Waals surface area contributed by atoms with Crippen molar-refractivity contribution in [2.24, 2.45) is 0 Å². The molecule has 2 aromatic rings. The second-order valence-corrected chi connectivity index (χ2v) is 7.48. The predicted octanol–water partition coefficient (Wildman–Crippen LogP) is 5.36. The monoisotopic (exact) mass is 332 g/mol. The molecule has 21 heavy (non-hydrogen) atoms. The summed E-state index contributed by atoms with van der Waals surface area (Å²) < 4.78 is 1.35. The van der Waals surface area contributed by atoms with E-state index >= 15 is 0 Å². The van der Waals surface area contributed by atoms with Crippen LogP contribution in [0.5, 0.6) is 0 Å². The van der Waals surface area contributed by atoms with Crippen LogP contribution in [-0.4, -0.2) is 6.26 Å². The van der Waals surface area contributed by atoms with Crippen LogP contribution in [0.3, 0.4) is 0 Å². The van der Waals surface area contributed by atoms with Crippen LogP contribution in [-0.2, 0) is 0 Å². The molecule has 0 spiro atoms. The fourth-order valence-corrected chi connectivity index (χ4v) is 5.21. The maximum atomic E-state index is 3.82. The fraction of sp³-hybridized carbons (Fsp3) is 0.222. The maximum Gasteiger partial charge on any atom is 0.0455 e. The van der Waals surface area contributed by atoms with Crippen molar-refractivity contribution in [3.63, 3.8) is 0 Å². The molecule has 0 fully saturated rings. The Hall–Kier alpha value is -1.03. The molecule has 0 nitrogen and oxygen atoms in total. The van der Waals surface area contributed by atoms with Crippen LogP contribution in [0.1, 0.15) is 25.1 Å². The molecule has 2 heterocycles. The topological polar surface area (TPSA) is 0 Å². The van der Waals surface area contributed by atoms with E-state index in [0.717, 1.165) is 6.42 Å². The number of hydrogen-bond acceptors (Lipinski definition) is 3. The molecule has 2 rings (SSSR count). The van der Waals surface area contributed by atoms with Gasteiger partial charge in [0.05, 0.1) is 0 Å². The summed E-state index contributed by atoms with van der Waals surface area (Å²) in [5, 5.41) is 1.28. The number of hydrogen-bond donors (Lipinski definition) is 0. The molecular weight excluding hydrogens is 312 g/mol. The van der Waals surface area contributed by atoms with Gasteiger partial charge >= 0.3 is 0 Å². The maximum absolute atomic E-state index is 3.82. The van der Waals surface area contributed by atoms with Crippen molar-refractivity contribution in [1.29, 1.82) is 0 Å². The van der Waals surface area contributed by atoms with Crippen molar-refractivity contribution in [1.82, 2.24) is 0 Å². The molecule has 0 unspecified atom stereocenters. The van der Waals surface area contributed by atoms with E-state index < -0.39 is 0 Å². The Morgan fingerprint density at radius 3 is 2.71 bits per heavy atom. The lowest BCUT2D eigenvalue weighted by Gasteiger charge is -1.97. The van der Waals surface area contributed by atoms with E-state index in [1.54, 1.807) is 11.8 Å². The first-order chi connectivity index (χ1) is 10.2. The lowest BCUT2D eigenvalue weighted by Crippen LogP contribution is -2.16. The summed E-state index contributed by atoms with van der Waals surface area (Å²) in [6, 6.07) is 6.74. The average molecular weight is 333 g/mol. The van der Waals surface area contributed by atoms with Gasteiger partial charge in [-0.1, -0.05) is 37.8 Å². The van der Waals surface area contributed by atoms with Crippen LogP contribution in [0.4, 0.5) is 0 Å². The zero-order valence-electron chi connectivity index (χ0n) is 12.7. The molecule has 110 valence electrons. The van der Waals surface area contributed by atoms with Crippen LogP contribution in [0.25, 0.3) is 26.8 Å². The quantitative estimate of drug-likeness (QED) is 0.710. The molecule has 0 saturated carbocycles. The molecule has 0 bridgehead atoms. The summed E-state index contributed by atoms with van der Waals surface area (Å²) in [6.45, 7) is 8.09. The molecule has 0 aromatic carbocycles. The summed E-state index contributed by atoms with van der Waals surface area (Å²) in [7, 11) is 0. The molecule has 0 aliphatic rings. The van der Waals surface area contributed by atoms with Gasteiger partial charge in [0.15, 0.2) is 0 Å². The highest BCUT2D eigenvalue weighted by Gasteiger charge is 2.08. The SMILES string of the molecule is C=C/C=c1/cc(-c2ccc(/C(=C/C)SC)s2)s/c1=C/CC. The van der Waals surface area contributed by atoms with Gasteiger partial charge in [-0.25, -0.2) is 0 Å². The predicted molar refractivity (Wildman–Crippen MR) is 103 cm³/mol. The molecule has 0 atom stereocenters. The summed E-state index contributed by atoms with van der Waals surface area (Å²) in [6.07, 6.45) is 11.6. The zero-order chi connectivity index (χ0) is 15.2. The summed E-state index contributed by atoms with van der Waals surface area (Å²) in [5.74, 6) is 0. The van der Waals surface area contributed by atoms with E-state index in [2.05, 4.69) is 63.1 Å². The summed E-state index contributed by atoms with van der Waals surface area (Å²) in [4.78, 5) is 5.39. The van der Waals surface area contributed by atoms with Gasteiger partial charge in [-0.2, -0.15) is 0 Å². The average Bonchev–Trinajstić information content (AvgIpc) is 3.09. The van der Waals surface area contributed by atoms with Crippen molar-refractivity contribution >= 4 is 51.5 Å². The lowest BCUT2D eigenvalue weighted by molar-refractivity contribution is 1.29. The van der Waals surface area contributed by atoms with Gasteiger partial charge < -0.3 is 0 Å². The molecular formula is C18H20S3. The van der Waals surface area contributed by atoms with E-state index in [0.29, 0.717) is 0 Å². The van der Waals surface area contributed by atoms with Crippen LogP contribution in [0.15, 0.2) is 36.9 Å². The normalized spacial score (nSPS) is 14.0. The molecule has 0 radical (unpaired) electrons. The highest BCUT2D eigenvalue weighted by atomic mass is 32.2. The van der Waals surface area contributed by atoms with Crippen molar-refractivity contribution < 1.29 is 0 Å². The first-order valence-corrected chi connectivity index (χ1v) is 9.82. The van der Waals surface area contributed by atoms with Gasteiger partial charge in [-0.15, -0.1) is 34.4 Å². The second kappa shape index (κ2) is 7.83. The van der Waals surface area contributed by atoms with Gasteiger partial charge in [0.1, 0.15) is 0 Å². The largest absolute Gasteiger partial charge is 0.135 e. The molecule has 0 aliphatic carbocycles. The minimum absolute atomic E-state index is 1.06.